The van der Waals surface area contributed by atoms with Crippen LogP contribution in [-0.4, -0.2) is 68.9 Å². The Labute approximate surface area is 192 Å². The van der Waals surface area contributed by atoms with E-state index < -0.39 is 0 Å². The molecule has 2 aromatic heterocycles. The normalized spacial score (nSPS) is 22.7. The molecule has 0 atom stereocenters. The van der Waals surface area contributed by atoms with Crippen LogP contribution in [0.25, 0.3) is 21.9 Å². The highest BCUT2D eigenvalue weighted by Crippen LogP contribution is 2.37. The number of aromatic nitrogens is 3. The summed E-state index contributed by atoms with van der Waals surface area (Å²) in [5, 5.41) is 9.60. The van der Waals surface area contributed by atoms with Gasteiger partial charge in [-0.15, -0.1) is 0 Å². The molecule has 33 heavy (non-hydrogen) atoms. The number of nitrogens with one attached hydrogen (secondary N) is 1. The summed E-state index contributed by atoms with van der Waals surface area (Å²) in [7, 11) is 0. The monoisotopic (exact) mass is 448 g/mol. The summed E-state index contributed by atoms with van der Waals surface area (Å²) in [6.45, 7) is 2.88. The summed E-state index contributed by atoms with van der Waals surface area (Å²) in [5.41, 5.74) is 3.27. The first kappa shape index (κ1) is 20.7. The first-order chi connectivity index (χ1) is 16.2. The first-order valence-electron chi connectivity index (χ1n) is 12.0. The third-order valence-electron chi connectivity index (χ3n) is 7.58. The number of hydrogen-bond acceptors (Lipinski definition) is 5. The topological polar surface area (TPSA) is 66.3 Å². The average Bonchev–Trinajstić information content (AvgIpc) is 3.53. The largest absolute Gasteiger partial charge is 0.310 e. The van der Waals surface area contributed by atoms with Gasteiger partial charge in [0.05, 0.1) is 25.0 Å². The van der Waals surface area contributed by atoms with Gasteiger partial charge in [0.1, 0.15) is 12.5 Å². The third-order valence-corrected chi connectivity index (χ3v) is 7.58. The minimum atomic E-state index is -0.333. The smallest absolute Gasteiger partial charge is 0.239 e. The number of amides is 1. The Morgan fingerprint density at radius 2 is 1.88 bits per heavy atom. The number of halogens is 1. The molecule has 8 heteroatoms. The van der Waals surface area contributed by atoms with Crippen molar-refractivity contribution in [1.29, 1.82) is 0 Å². The maximum atomic E-state index is 12.9. The first-order valence-corrected chi connectivity index (χ1v) is 12.0. The molecule has 2 bridgehead atoms. The number of nitrogens with zero attached hydrogens (tertiary/aromatic N) is 5. The molecule has 3 aliphatic heterocycles. The molecule has 0 saturated carbocycles. The molecular formula is C25H29FN6O. The lowest BCUT2D eigenvalue weighted by Crippen LogP contribution is -2.36. The highest BCUT2D eigenvalue weighted by molar-refractivity contribution is 5.95. The lowest BCUT2D eigenvalue weighted by molar-refractivity contribution is -0.117. The van der Waals surface area contributed by atoms with E-state index in [0.717, 1.165) is 40.7 Å². The van der Waals surface area contributed by atoms with E-state index >= 15 is 0 Å². The van der Waals surface area contributed by atoms with Crippen LogP contribution < -0.4 is 5.32 Å². The lowest BCUT2D eigenvalue weighted by Gasteiger charge is -2.27. The molecule has 1 N–H and O–H groups in total. The second kappa shape index (κ2) is 8.50. The van der Waals surface area contributed by atoms with Crippen LogP contribution in [0.15, 0.2) is 36.7 Å². The van der Waals surface area contributed by atoms with Crippen molar-refractivity contribution in [2.75, 3.05) is 31.6 Å². The number of benzene rings is 1. The van der Waals surface area contributed by atoms with E-state index in [2.05, 4.69) is 43.4 Å². The van der Waals surface area contributed by atoms with Gasteiger partial charge in [-0.2, -0.15) is 5.10 Å². The summed E-state index contributed by atoms with van der Waals surface area (Å²) >= 11 is 0. The fraction of sp³-hybridized carbons (Fsp3) is 0.480. The second-order valence-electron chi connectivity index (χ2n) is 9.51. The number of carbonyl (C=O) groups is 1. The van der Waals surface area contributed by atoms with Crippen molar-refractivity contribution in [3.8, 4) is 11.1 Å². The van der Waals surface area contributed by atoms with Crippen LogP contribution in [0.1, 0.15) is 31.4 Å². The zero-order valence-corrected chi connectivity index (χ0v) is 18.7. The fourth-order valence-electron chi connectivity index (χ4n) is 5.85. The third kappa shape index (κ3) is 3.91. The van der Waals surface area contributed by atoms with Crippen molar-refractivity contribution >= 4 is 22.5 Å². The second-order valence-corrected chi connectivity index (χ2v) is 9.51. The Bertz CT molecular complexity index is 1170. The molecule has 172 valence electrons. The zero-order valence-electron chi connectivity index (χ0n) is 18.7. The van der Waals surface area contributed by atoms with Crippen LogP contribution in [0.3, 0.4) is 0 Å². The van der Waals surface area contributed by atoms with Crippen LogP contribution in [0.2, 0.25) is 0 Å². The van der Waals surface area contributed by atoms with Gasteiger partial charge in [-0.05, 0) is 48.8 Å². The summed E-state index contributed by atoms with van der Waals surface area (Å²) in [6.07, 6.45) is 8.60. The van der Waals surface area contributed by atoms with Crippen LogP contribution in [-0.2, 0) is 17.9 Å². The van der Waals surface area contributed by atoms with E-state index in [1.807, 2.05) is 23.1 Å². The Morgan fingerprint density at radius 1 is 1.06 bits per heavy atom. The predicted octanol–water partition coefficient (Wildman–Crippen LogP) is 3.45. The van der Waals surface area contributed by atoms with E-state index in [1.165, 1.54) is 25.7 Å². The number of rotatable bonds is 6. The zero-order chi connectivity index (χ0) is 22.4. The standard InChI is InChI=1S/C25H29FN6O/c26-7-8-30-9-10-32-23(15-30)22(14-28-32)17-1-2-18-13-27-24(12-19(18)11-17)29-25(33)16-31-20-3-4-21(31)6-5-20/h1-2,11-14,20-21H,3-10,15-16H2,(H,27,29,33). The molecule has 2 saturated heterocycles. The molecule has 1 aromatic carbocycles. The number of fused-ring (bicyclic) bond motifs is 4. The molecule has 7 nitrogen and oxygen atoms in total. The predicted molar refractivity (Wildman–Crippen MR) is 126 cm³/mol. The van der Waals surface area contributed by atoms with Gasteiger partial charge in [-0.1, -0.05) is 12.1 Å². The van der Waals surface area contributed by atoms with E-state index in [0.29, 0.717) is 37.5 Å². The van der Waals surface area contributed by atoms with Gasteiger partial charge < -0.3 is 5.32 Å². The summed E-state index contributed by atoms with van der Waals surface area (Å²) < 4.78 is 14.9. The number of pyridine rings is 1. The number of hydrogen-bond donors (Lipinski definition) is 1. The summed E-state index contributed by atoms with van der Waals surface area (Å²) in [6, 6.07) is 9.36. The average molecular weight is 449 g/mol. The number of anilines is 1. The van der Waals surface area contributed by atoms with Crippen LogP contribution in [0.4, 0.5) is 10.2 Å². The maximum absolute atomic E-state index is 12.9. The van der Waals surface area contributed by atoms with Crippen molar-refractivity contribution in [2.45, 2.75) is 50.9 Å². The minimum Gasteiger partial charge on any atom is -0.310 e. The molecule has 0 radical (unpaired) electrons. The molecule has 0 spiro atoms. The SMILES string of the molecule is O=C(CN1C2CCC1CC2)Nc1cc2cc(-c3cnn4c3CN(CCF)CC4)ccc2cn1. The quantitative estimate of drug-likeness (QED) is 0.626. The maximum Gasteiger partial charge on any atom is 0.239 e. The van der Waals surface area contributed by atoms with Crippen molar-refractivity contribution in [3.63, 3.8) is 0 Å². The molecule has 6 rings (SSSR count). The van der Waals surface area contributed by atoms with Gasteiger partial charge in [0.2, 0.25) is 5.91 Å². The molecule has 3 aliphatic rings. The number of alkyl halides is 1. The van der Waals surface area contributed by atoms with Crippen LogP contribution in [0.5, 0.6) is 0 Å². The highest BCUT2D eigenvalue weighted by atomic mass is 19.1. The van der Waals surface area contributed by atoms with Gasteiger partial charge >= 0.3 is 0 Å². The highest BCUT2D eigenvalue weighted by Gasteiger charge is 2.39. The van der Waals surface area contributed by atoms with Gasteiger partial charge in [0, 0.05) is 48.9 Å². The molecule has 2 fully saturated rings. The molecule has 5 heterocycles. The molecule has 0 unspecified atom stereocenters. The summed E-state index contributed by atoms with van der Waals surface area (Å²) in [4.78, 5) is 21.6. The molecule has 1 amide bonds. The van der Waals surface area contributed by atoms with E-state index in [4.69, 9.17) is 0 Å². The fourth-order valence-corrected chi connectivity index (χ4v) is 5.85. The van der Waals surface area contributed by atoms with Gasteiger partial charge in [-0.25, -0.2) is 9.37 Å². The van der Waals surface area contributed by atoms with Crippen LogP contribution >= 0.6 is 0 Å². The van der Waals surface area contributed by atoms with Crippen LogP contribution in [0, 0.1) is 0 Å². The Morgan fingerprint density at radius 3 is 2.67 bits per heavy atom. The van der Waals surface area contributed by atoms with Crippen molar-refractivity contribution in [1.82, 2.24) is 24.6 Å². The molecule has 3 aromatic rings. The Balaban J connectivity index is 1.22. The van der Waals surface area contributed by atoms with Crippen molar-refractivity contribution < 1.29 is 9.18 Å². The van der Waals surface area contributed by atoms with Gasteiger partial charge in [0.25, 0.3) is 0 Å². The van der Waals surface area contributed by atoms with Gasteiger partial charge in [-0.3, -0.25) is 19.3 Å². The molecular weight excluding hydrogens is 419 g/mol. The van der Waals surface area contributed by atoms with E-state index in [-0.39, 0.29) is 12.6 Å². The summed E-state index contributed by atoms with van der Waals surface area (Å²) in [5.74, 6) is 0.595. The van der Waals surface area contributed by atoms with Gasteiger partial charge in [0.15, 0.2) is 0 Å². The van der Waals surface area contributed by atoms with E-state index in [9.17, 15) is 9.18 Å². The van der Waals surface area contributed by atoms with Crippen molar-refractivity contribution in [2.24, 2.45) is 0 Å². The van der Waals surface area contributed by atoms with Crippen molar-refractivity contribution in [3.05, 3.63) is 42.4 Å². The minimum absolute atomic E-state index is 0.00969. The lowest BCUT2D eigenvalue weighted by atomic mass is 10.0. The Hall–Kier alpha value is -2.84. The number of carbonyl (C=O) groups excluding carboxylic acids is 1. The Kier molecular flexibility index (Phi) is 5.34. The van der Waals surface area contributed by atoms with E-state index in [1.54, 1.807) is 0 Å². The molecule has 0 aliphatic carbocycles.